The van der Waals surface area contributed by atoms with Gasteiger partial charge in [-0.2, -0.15) is 0 Å². The molecular formula is C10H17NO2S. The van der Waals surface area contributed by atoms with E-state index in [0.29, 0.717) is 5.75 Å². The molecule has 0 saturated carbocycles. The lowest BCUT2D eigenvalue weighted by atomic mass is 9.97. The standard InChI is InChI=1S/C10H17NO2S/c1-3-5-6-10(4-2)9(13)11-8(12)7-14-10/h3-7H2,1-2H3,(H,11,12,13)/t10-/m1/s1. The summed E-state index contributed by atoms with van der Waals surface area (Å²) in [4.78, 5) is 22.7. The molecule has 80 valence electrons. The van der Waals surface area contributed by atoms with Gasteiger partial charge in [-0.15, -0.1) is 11.8 Å². The maximum Gasteiger partial charge on any atom is 0.242 e. The third-order valence-electron chi connectivity index (χ3n) is 2.65. The van der Waals surface area contributed by atoms with Crippen molar-refractivity contribution in [1.29, 1.82) is 0 Å². The molecule has 1 atom stereocenters. The lowest BCUT2D eigenvalue weighted by Crippen LogP contribution is -2.51. The summed E-state index contributed by atoms with van der Waals surface area (Å²) in [6.07, 6.45) is 3.81. The van der Waals surface area contributed by atoms with Crippen LogP contribution in [0.15, 0.2) is 0 Å². The molecule has 14 heavy (non-hydrogen) atoms. The van der Waals surface area contributed by atoms with Gasteiger partial charge in [0, 0.05) is 0 Å². The predicted octanol–water partition coefficient (Wildman–Crippen LogP) is 1.71. The minimum atomic E-state index is -0.343. The Hall–Kier alpha value is -0.510. The zero-order valence-corrected chi connectivity index (χ0v) is 9.58. The predicted molar refractivity (Wildman–Crippen MR) is 58.2 cm³/mol. The Bertz CT molecular complexity index is 242. The Morgan fingerprint density at radius 2 is 2.14 bits per heavy atom. The van der Waals surface area contributed by atoms with Gasteiger partial charge in [-0.1, -0.05) is 26.7 Å². The topological polar surface area (TPSA) is 46.2 Å². The van der Waals surface area contributed by atoms with E-state index in [2.05, 4.69) is 12.2 Å². The Labute approximate surface area is 89.0 Å². The average Bonchev–Trinajstić information content (AvgIpc) is 2.18. The Morgan fingerprint density at radius 3 is 2.64 bits per heavy atom. The van der Waals surface area contributed by atoms with Crippen molar-refractivity contribution in [3.05, 3.63) is 0 Å². The second-order valence-electron chi connectivity index (χ2n) is 3.62. The number of thioether (sulfide) groups is 1. The summed E-state index contributed by atoms with van der Waals surface area (Å²) in [6.45, 7) is 4.12. The van der Waals surface area contributed by atoms with Crippen LogP contribution in [0, 0.1) is 0 Å². The Morgan fingerprint density at radius 1 is 1.43 bits per heavy atom. The normalized spacial score (nSPS) is 27.6. The highest BCUT2D eigenvalue weighted by atomic mass is 32.2. The van der Waals surface area contributed by atoms with Crippen molar-refractivity contribution in [2.75, 3.05) is 5.75 Å². The minimum Gasteiger partial charge on any atom is -0.295 e. The van der Waals surface area contributed by atoms with Gasteiger partial charge in [-0.05, 0) is 12.8 Å². The first-order valence-corrected chi connectivity index (χ1v) is 6.11. The quantitative estimate of drug-likeness (QED) is 0.726. The van der Waals surface area contributed by atoms with E-state index in [-0.39, 0.29) is 16.6 Å². The maximum atomic E-state index is 11.7. The van der Waals surface area contributed by atoms with Crippen LogP contribution in [-0.4, -0.2) is 22.3 Å². The molecule has 0 aromatic carbocycles. The number of amides is 2. The van der Waals surface area contributed by atoms with Crippen molar-refractivity contribution in [3.63, 3.8) is 0 Å². The summed E-state index contributed by atoms with van der Waals surface area (Å²) in [5.41, 5.74) is 0. The van der Waals surface area contributed by atoms with Crippen molar-refractivity contribution in [2.24, 2.45) is 0 Å². The number of hydrogen-bond acceptors (Lipinski definition) is 3. The lowest BCUT2D eigenvalue weighted by molar-refractivity contribution is -0.131. The zero-order chi connectivity index (χ0) is 10.6. The largest absolute Gasteiger partial charge is 0.295 e. The summed E-state index contributed by atoms with van der Waals surface area (Å²) in [6, 6.07) is 0. The van der Waals surface area contributed by atoms with Gasteiger partial charge in [0.05, 0.1) is 10.5 Å². The second kappa shape index (κ2) is 4.82. The molecule has 0 bridgehead atoms. The highest BCUT2D eigenvalue weighted by Crippen LogP contribution is 2.36. The Balaban J connectivity index is 2.67. The van der Waals surface area contributed by atoms with E-state index in [1.165, 1.54) is 11.8 Å². The summed E-state index contributed by atoms with van der Waals surface area (Å²) >= 11 is 1.51. The van der Waals surface area contributed by atoms with Crippen molar-refractivity contribution in [1.82, 2.24) is 5.32 Å². The molecule has 0 unspecified atom stereocenters. The molecule has 1 aliphatic heterocycles. The first kappa shape index (κ1) is 11.6. The third-order valence-corrected chi connectivity index (χ3v) is 4.29. The van der Waals surface area contributed by atoms with Crippen molar-refractivity contribution in [2.45, 2.75) is 44.3 Å². The first-order chi connectivity index (χ1) is 6.64. The van der Waals surface area contributed by atoms with Crippen molar-refractivity contribution >= 4 is 23.6 Å². The number of carbonyl (C=O) groups is 2. The molecule has 1 aliphatic rings. The van der Waals surface area contributed by atoms with Gasteiger partial charge in [0.15, 0.2) is 0 Å². The fourth-order valence-corrected chi connectivity index (χ4v) is 2.79. The van der Waals surface area contributed by atoms with E-state index < -0.39 is 0 Å². The van der Waals surface area contributed by atoms with Crippen molar-refractivity contribution < 1.29 is 9.59 Å². The lowest BCUT2D eigenvalue weighted by Gasteiger charge is -2.33. The number of hydrogen-bond donors (Lipinski definition) is 1. The molecule has 0 aromatic heterocycles. The second-order valence-corrected chi connectivity index (χ2v) is 4.98. The van der Waals surface area contributed by atoms with Gasteiger partial charge in [0.2, 0.25) is 11.8 Å². The highest BCUT2D eigenvalue weighted by molar-refractivity contribution is 8.02. The van der Waals surface area contributed by atoms with E-state index >= 15 is 0 Å². The first-order valence-electron chi connectivity index (χ1n) is 5.13. The van der Waals surface area contributed by atoms with E-state index in [1.807, 2.05) is 6.92 Å². The Kier molecular flexibility index (Phi) is 3.98. The average molecular weight is 215 g/mol. The molecule has 1 N–H and O–H groups in total. The monoisotopic (exact) mass is 215 g/mol. The van der Waals surface area contributed by atoms with Crippen LogP contribution in [0.5, 0.6) is 0 Å². The third kappa shape index (κ3) is 2.29. The summed E-state index contributed by atoms with van der Waals surface area (Å²) < 4.78 is -0.343. The molecule has 0 aliphatic carbocycles. The van der Waals surface area contributed by atoms with Crippen LogP contribution in [-0.2, 0) is 9.59 Å². The van der Waals surface area contributed by atoms with Gasteiger partial charge < -0.3 is 0 Å². The van der Waals surface area contributed by atoms with Crippen LogP contribution >= 0.6 is 11.8 Å². The van der Waals surface area contributed by atoms with Crippen LogP contribution < -0.4 is 5.32 Å². The van der Waals surface area contributed by atoms with E-state index in [0.717, 1.165) is 25.7 Å². The summed E-state index contributed by atoms with van der Waals surface area (Å²) in [7, 11) is 0. The maximum absolute atomic E-state index is 11.7. The molecule has 0 spiro atoms. The van der Waals surface area contributed by atoms with Gasteiger partial charge in [-0.3, -0.25) is 14.9 Å². The minimum absolute atomic E-state index is 0.0882. The van der Waals surface area contributed by atoms with Crippen LogP contribution in [0.3, 0.4) is 0 Å². The molecular weight excluding hydrogens is 198 g/mol. The summed E-state index contributed by atoms with van der Waals surface area (Å²) in [5.74, 6) is 0.179. The fourth-order valence-electron chi connectivity index (χ4n) is 1.63. The van der Waals surface area contributed by atoms with Gasteiger partial charge >= 0.3 is 0 Å². The molecule has 2 amide bonds. The van der Waals surface area contributed by atoms with Gasteiger partial charge in [0.1, 0.15) is 0 Å². The number of nitrogens with one attached hydrogen (secondary N) is 1. The zero-order valence-electron chi connectivity index (χ0n) is 8.76. The van der Waals surface area contributed by atoms with E-state index in [9.17, 15) is 9.59 Å². The summed E-state index contributed by atoms with van der Waals surface area (Å²) in [5, 5.41) is 2.43. The molecule has 1 rings (SSSR count). The molecule has 0 radical (unpaired) electrons. The van der Waals surface area contributed by atoms with Crippen LogP contribution in [0.1, 0.15) is 39.5 Å². The number of rotatable bonds is 4. The molecule has 1 saturated heterocycles. The van der Waals surface area contributed by atoms with Crippen LogP contribution in [0.4, 0.5) is 0 Å². The van der Waals surface area contributed by atoms with E-state index in [1.54, 1.807) is 0 Å². The van der Waals surface area contributed by atoms with Crippen LogP contribution in [0.25, 0.3) is 0 Å². The van der Waals surface area contributed by atoms with Crippen LogP contribution in [0.2, 0.25) is 0 Å². The molecule has 1 fully saturated rings. The smallest absolute Gasteiger partial charge is 0.242 e. The highest BCUT2D eigenvalue weighted by Gasteiger charge is 2.41. The molecule has 0 aromatic rings. The number of imide groups is 1. The number of carbonyl (C=O) groups excluding carboxylic acids is 2. The van der Waals surface area contributed by atoms with Gasteiger partial charge in [-0.25, -0.2) is 0 Å². The molecule has 1 heterocycles. The van der Waals surface area contributed by atoms with Gasteiger partial charge in [0.25, 0.3) is 0 Å². The number of unbranched alkanes of at least 4 members (excludes halogenated alkanes) is 1. The van der Waals surface area contributed by atoms with Crippen molar-refractivity contribution in [3.8, 4) is 0 Å². The van der Waals surface area contributed by atoms with E-state index in [4.69, 9.17) is 0 Å². The molecule has 3 nitrogen and oxygen atoms in total. The SMILES string of the molecule is CCCC[C@@]1(CC)SCC(=O)NC1=O. The molecule has 4 heteroatoms. The fraction of sp³-hybridized carbons (Fsp3) is 0.800.